The highest BCUT2D eigenvalue weighted by Crippen LogP contribution is 2.37. The first-order chi connectivity index (χ1) is 15.4. The largest absolute Gasteiger partial charge is 0.439 e. The number of rotatable bonds is 5. The number of fused-ring (bicyclic) bond motifs is 1. The highest BCUT2D eigenvalue weighted by molar-refractivity contribution is 7.88. The molecule has 0 aliphatic carbocycles. The molecule has 5 nitrogen and oxygen atoms in total. The van der Waals surface area contributed by atoms with Crippen LogP contribution in [0.2, 0.25) is 0 Å². The van der Waals surface area contributed by atoms with Crippen LogP contribution in [-0.4, -0.2) is 24.3 Å². The van der Waals surface area contributed by atoms with Gasteiger partial charge in [0.25, 0.3) is 0 Å². The maximum Gasteiger partial charge on any atom is 0.219 e. The predicted molar refractivity (Wildman–Crippen MR) is 117 cm³/mol. The van der Waals surface area contributed by atoms with Crippen molar-refractivity contribution in [1.82, 2.24) is 9.29 Å². The molecule has 3 aromatic carbocycles. The lowest BCUT2D eigenvalue weighted by Gasteiger charge is -2.21. The second-order valence-electron chi connectivity index (χ2n) is 7.87. The number of hydrogen-bond acceptors (Lipinski definition) is 4. The molecule has 0 saturated carbocycles. The van der Waals surface area contributed by atoms with Crippen molar-refractivity contribution in [3.8, 4) is 11.1 Å². The highest BCUT2D eigenvalue weighted by Gasteiger charge is 2.38. The zero-order valence-corrected chi connectivity index (χ0v) is 17.9. The number of aromatic nitrogens is 1. The van der Waals surface area contributed by atoms with Gasteiger partial charge in [-0.3, -0.25) is 0 Å². The Labute approximate surface area is 184 Å². The lowest BCUT2D eigenvalue weighted by Crippen LogP contribution is -2.31. The lowest BCUT2D eigenvalue weighted by molar-refractivity contribution is 0.337. The second-order valence-corrected chi connectivity index (χ2v) is 9.80. The van der Waals surface area contributed by atoms with Crippen molar-refractivity contribution in [2.75, 3.05) is 6.54 Å². The van der Waals surface area contributed by atoms with Gasteiger partial charge in [-0.15, -0.1) is 0 Å². The van der Waals surface area contributed by atoms with Crippen molar-refractivity contribution in [2.45, 2.75) is 24.6 Å². The fraction of sp³-hybridized carbons (Fsp3) is 0.208. The molecular weight excluding hydrogens is 434 g/mol. The first-order valence-electron chi connectivity index (χ1n) is 10.3. The molecule has 0 amide bonds. The molecule has 32 heavy (non-hydrogen) atoms. The number of sulfonamides is 1. The Balaban J connectivity index is 1.45. The molecule has 4 aromatic rings. The minimum Gasteiger partial charge on any atom is -0.439 e. The third kappa shape index (κ3) is 3.91. The third-order valence-electron chi connectivity index (χ3n) is 5.69. The molecule has 0 spiro atoms. The molecule has 1 aliphatic heterocycles. The molecule has 0 radical (unpaired) electrons. The molecule has 0 bridgehead atoms. The minimum atomic E-state index is -3.55. The molecule has 164 valence electrons. The first kappa shape index (κ1) is 20.8. The molecule has 1 aromatic heterocycles. The Bertz CT molecular complexity index is 1390. The quantitative estimate of drug-likeness (QED) is 0.403. The van der Waals surface area contributed by atoms with Gasteiger partial charge in [-0.25, -0.2) is 22.2 Å². The number of halogens is 2. The Morgan fingerprint density at radius 1 is 0.969 bits per heavy atom. The predicted octanol–water partition coefficient (Wildman–Crippen LogP) is 5.44. The summed E-state index contributed by atoms with van der Waals surface area (Å²) in [6, 6.07) is 17.5. The van der Waals surface area contributed by atoms with Gasteiger partial charge >= 0.3 is 0 Å². The van der Waals surface area contributed by atoms with Crippen LogP contribution in [0.3, 0.4) is 0 Å². The van der Waals surface area contributed by atoms with Crippen molar-refractivity contribution in [1.29, 1.82) is 0 Å². The minimum absolute atomic E-state index is 0.0785. The van der Waals surface area contributed by atoms with Crippen LogP contribution in [0.25, 0.3) is 22.2 Å². The summed E-state index contributed by atoms with van der Waals surface area (Å²) < 4.78 is 60.4. The van der Waals surface area contributed by atoms with Gasteiger partial charge in [-0.2, -0.15) is 4.31 Å². The van der Waals surface area contributed by atoms with E-state index >= 15 is 0 Å². The van der Waals surface area contributed by atoms with Crippen LogP contribution in [0, 0.1) is 11.6 Å². The van der Waals surface area contributed by atoms with Crippen molar-refractivity contribution < 1.29 is 21.6 Å². The zero-order valence-electron chi connectivity index (χ0n) is 17.0. The summed E-state index contributed by atoms with van der Waals surface area (Å²) in [4.78, 5) is 4.55. The van der Waals surface area contributed by atoms with E-state index < -0.39 is 27.7 Å². The van der Waals surface area contributed by atoms with E-state index in [1.54, 1.807) is 30.3 Å². The van der Waals surface area contributed by atoms with E-state index in [0.717, 1.165) is 24.1 Å². The average molecular weight is 454 g/mol. The van der Waals surface area contributed by atoms with Gasteiger partial charge in [0.1, 0.15) is 11.6 Å². The zero-order chi connectivity index (χ0) is 22.3. The third-order valence-corrected chi connectivity index (χ3v) is 7.54. The standard InChI is InChI=1S/C24H20F2N2O3S/c25-19-10-8-17(13-20(19)26)18-9-11-23-21(14-18)27-24(31-23)22-7-4-12-28(22)32(29,30)15-16-5-2-1-3-6-16/h1-3,5-6,8-11,13-14,22H,4,7,12,15H2. The Morgan fingerprint density at radius 3 is 2.50 bits per heavy atom. The summed E-state index contributed by atoms with van der Waals surface area (Å²) in [5.74, 6) is -1.56. The maximum absolute atomic E-state index is 13.6. The van der Waals surface area contributed by atoms with Gasteiger partial charge in [0, 0.05) is 6.54 Å². The van der Waals surface area contributed by atoms with Crippen LogP contribution < -0.4 is 0 Å². The molecule has 1 unspecified atom stereocenters. The van der Waals surface area contributed by atoms with Crippen molar-refractivity contribution in [3.63, 3.8) is 0 Å². The van der Waals surface area contributed by atoms with Crippen molar-refractivity contribution in [3.05, 3.63) is 89.8 Å². The van der Waals surface area contributed by atoms with Crippen LogP contribution in [0.5, 0.6) is 0 Å². The highest BCUT2D eigenvalue weighted by atomic mass is 32.2. The van der Waals surface area contributed by atoms with Gasteiger partial charge < -0.3 is 4.42 Å². The van der Waals surface area contributed by atoms with E-state index in [1.807, 2.05) is 18.2 Å². The Morgan fingerprint density at radius 2 is 1.72 bits per heavy atom. The van der Waals surface area contributed by atoms with Crippen LogP contribution >= 0.6 is 0 Å². The van der Waals surface area contributed by atoms with Crippen LogP contribution in [0.1, 0.15) is 30.3 Å². The Hall–Kier alpha value is -3.10. The van der Waals surface area contributed by atoms with Gasteiger partial charge in [-0.1, -0.05) is 42.5 Å². The number of hydrogen-bond donors (Lipinski definition) is 0. The fourth-order valence-electron chi connectivity index (χ4n) is 4.13. The molecule has 1 atom stereocenters. The Kier molecular flexibility index (Phi) is 5.27. The van der Waals surface area contributed by atoms with Crippen molar-refractivity contribution >= 4 is 21.1 Å². The van der Waals surface area contributed by atoms with Crippen LogP contribution in [0.15, 0.2) is 71.1 Å². The van der Waals surface area contributed by atoms with Crippen LogP contribution in [0.4, 0.5) is 8.78 Å². The molecule has 0 N–H and O–H groups in total. The molecule has 2 heterocycles. The van der Waals surface area contributed by atoms with E-state index in [2.05, 4.69) is 4.98 Å². The SMILES string of the molecule is O=S(=O)(Cc1ccccc1)N1CCCC1c1nc2cc(-c3ccc(F)c(F)c3)ccc2o1. The summed E-state index contributed by atoms with van der Waals surface area (Å²) in [5, 5.41) is 0. The molecule has 1 aliphatic rings. The lowest BCUT2D eigenvalue weighted by atomic mass is 10.1. The number of oxazole rings is 1. The molecule has 8 heteroatoms. The summed E-state index contributed by atoms with van der Waals surface area (Å²) in [7, 11) is -3.55. The normalized spacial score (nSPS) is 17.2. The van der Waals surface area contributed by atoms with Gasteiger partial charge in [0.2, 0.25) is 15.9 Å². The summed E-state index contributed by atoms with van der Waals surface area (Å²) in [6.45, 7) is 0.415. The van der Waals surface area contributed by atoms with Crippen molar-refractivity contribution in [2.24, 2.45) is 0 Å². The van der Waals surface area contributed by atoms with Crippen LogP contribution in [-0.2, 0) is 15.8 Å². The van der Waals surface area contributed by atoms with Gasteiger partial charge in [0.15, 0.2) is 17.2 Å². The number of benzene rings is 3. The smallest absolute Gasteiger partial charge is 0.219 e. The number of nitrogens with zero attached hydrogens (tertiary/aromatic N) is 2. The maximum atomic E-state index is 13.6. The van der Waals surface area contributed by atoms with E-state index in [9.17, 15) is 17.2 Å². The molecule has 1 saturated heterocycles. The molecular formula is C24H20F2N2O3S. The fourth-order valence-corrected chi connectivity index (χ4v) is 5.90. The van der Waals surface area contributed by atoms with Gasteiger partial charge in [0.05, 0.1) is 5.75 Å². The summed E-state index contributed by atoms with van der Waals surface area (Å²) >= 11 is 0. The average Bonchev–Trinajstić information content (AvgIpc) is 3.43. The van der Waals surface area contributed by atoms with E-state index in [1.165, 1.54) is 10.4 Å². The van der Waals surface area contributed by atoms with Gasteiger partial charge in [-0.05, 0) is 53.8 Å². The summed E-state index contributed by atoms with van der Waals surface area (Å²) in [5.41, 5.74) is 2.96. The molecule has 1 fully saturated rings. The van der Waals surface area contributed by atoms with E-state index in [4.69, 9.17) is 4.42 Å². The van der Waals surface area contributed by atoms with E-state index in [0.29, 0.717) is 41.1 Å². The van der Waals surface area contributed by atoms with E-state index in [-0.39, 0.29) is 5.75 Å². The second kappa shape index (κ2) is 8.11. The molecule has 5 rings (SSSR count). The first-order valence-corrected chi connectivity index (χ1v) is 11.9. The topological polar surface area (TPSA) is 63.4 Å². The monoisotopic (exact) mass is 454 g/mol. The summed E-state index contributed by atoms with van der Waals surface area (Å²) in [6.07, 6.45) is 1.34.